The van der Waals surface area contributed by atoms with E-state index in [0.29, 0.717) is 0 Å². The van der Waals surface area contributed by atoms with E-state index in [9.17, 15) is 0 Å². The maximum Gasteiger partial charge on any atom is 0.123 e. The molecule has 0 spiro atoms. The number of hydrogen-bond acceptors (Lipinski definition) is 3. The van der Waals surface area contributed by atoms with E-state index in [0.717, 1.165) is 31.0 Å². The average molecular weight is 208 g/mol. The summed E-state index contributed by atoms with van der Waals surface area (Å²) in [5, 5.41) is 3.24. The number of rotatable bonds is 6. The van der Waals surface area contributed by atoms with Gasteiger partial charge in [-0.2, -0.15) is 0 Å². The third-order valence-corrected chi connectivity index (χ3v) is 2.26. The fraction of sp³-hybridized carbons (Fsp3) is 0.583. The predicted octanol–water partition coefficient (Wildman–Crippen LogP) is 2.37. The Balaban J connectivity index is 2.57. The van der Waals surface area contributed by atoms with E-state index in [-0.39, 0.29) is 6.10 Å². The Labute approximate surface area is 91.9 Å². The average Bonchev–Trinajstić information content (AvgIpc) is 2.26. The quantitative estimate of drug-likeness (QED) is 0.779. The second-order valence-electron chi connectivity index (χ2n) is 3.60. The Morgan fingerprint density at radius 1 is 1.47 bits per heavy atom. The molecule has 0 saturated heterocycles. The first kappa shape index (κ1) is 12.0. The largest absolute Gasteiger partial charge is 0.491 e. The number of nitrogens with one attached hydrogen (secondary N) is 1. The smallest absolute Gasteiger partial charge is 0.123 e. The summed E-state index contributed by atoms with van der Waals surface area (Å²) >= 11 is 0. The van der Waals surface area contributed by atoms with Gasteiger partial charge in [-0.1, -0.05) is 13.8 Å². The van der Waals surface area contributed by atoms with Crippen molar-refractivity contribution in [1.29, 1.82) is 0 Å². The van der Waals surface area contributed by atoms with Crippen LogP contribution in [-0.4, -0.2) is 17.6 Å². The molecule has 0 amide bonds. The van der Waals surface area contributed by atoms with Gasteiger partial charge in [0.2, 0.25) is 0 Å². The second kappa shape index (κ2) is 6.40. The molecule has 1 rings (SSSR count). The SMILES string of the molecule is CCNCc1cc(OC(C)CC)ccn1. The molecule has 0 aromatic carbocycles. The molecule has 0 aliphatic carbocycles. The van der Waals surface area contributed by atoms with Crippen LogP contribution in [0.25, 0.3) is 0 Å². The van der Waals surface area contributed by atoms with E-state index >= 15 is 0 Å². The van der Waals surface area contributed by atoms with E-state index in [1.54, 1.807) is 6.20 Å². The van der Waals surface area contributed by atoms with Gasteiger partial charge in [-0.15, -0.1) is 0 Å². The summed E-state index contributed by atoms with van der Waals surface area (Å²) in [6, 6.07) is 3.90. The molecule has 1 N–H and O–H groups in total. The minimum atomic E-state index is 0.263. The van der Waals surface area contributed by atoms with Gasteiger partial charge in [0.05, 0.1) is 11.8 Å². The topological polar surface area (TPSA) is 34.1 Å². The van der Waals surface area contributed by atoms with Crippen molar-refractivity contribution in [2.45, 2.75) is 39.8 Å². The maximum absolute atomic E-state index is 5.72. The fourth-order valence-corrected chi connectivity index (χ4v) is 1.19. The van der Waals surface area contributed by atoms with Crippen molar-refractivity contribution >= 4 is 0 Å². The van der Waals surface area contributed by atoms with Crippen molar-refractivity contribution in [3.05, 3.63) is 24.0 Å². The highest BCUT2D eigenvalue weighted by atomic mass is 16.5. The molecule has 15 heavy (non-hydrogen) atoms. The number of pyridine rings is 1. The van der Waals surface area contributed by atoms with Crippen LogP contribution in [0.3, 0.4) is 0 Å². The molecule has 1 unspecified atom stereocenters. The molecule has 3 heteroatoms. The Kier molecular flexibility index (Phi) is 5.12. The van der Waals surface area contributed by atoms with Crippen LogP contribution in [0, 0.1) is 0 Å². The van der Waals surface area contributed by atoms with Crippen LogP contribution in [0.15, 0.2) is 18.3 Å². The number of ether oxygens (including phenoxy) is 1. The molecular weight excluding hydrogens is 188 g/mol. The predicted molar refractivity (Wildman–Crippen MR) is 62.0 cm³/mol. The highest BCUT2D eigenvalue weighted by molar-refractivity contribution is 5.22. The first-order valence-electron chi connectivity index (χ1n) is 5.58. The van der Waals surface area contributed by atoms with Crippen molar-refractivity contribution in [3.63, 3.8) is 0 Å². The molecule has 1 atom stereocenters. The highest BCUT2D eigenvalue weighted by Crippen LogP contribution is 2.13. The Morgan fingerprint density at radius 3 is 2.93 bits per heavy atom. The van der Waals surface area contributed by atoms with Crippen LogP contribution in [0.4, 0.5) is 0 Å². The van der Waals surface area contributed by atoms with Crippen LogP contribution in [0.1, 0.15) is 32.9 Å². The van der Waals surface area contributed by atoms with Gasteiger partial charge in [-0.25, -0.2) is 0 Å². The highest BCUT2D eigenvalue weighted by Gasteiger charge is 2.02. The van der Waals surface area contributed by atoms with E-state index in [4.69, 9.17) is 4.74 Å². The molecule has 0 bridgehead atoms. The molecule has 1 aromatic heterocycles. The van der Waals surface area contributed by atoms with E-state index in [1.165, 1.54) is 0 Å². The molecule has 0 aliphatic rings. The first-order valence-corrected chi connectivity index (χ1v) is 5.58. The molecule has 0 aliphatic heterocycles. The first-order chi connectivity index (χ1) is 7.26. The van der Waals surface area contributed by atoms with E-state index in [1.807, 2.05) is 12.1 Å². The maximum atomic E-state index is 5.72. The van der Waals surface area contributed by atoms with Crippen molar-refractivity contribution in [2.24, 2.45) is 0 Å². The van der Waals surface area contributed by atoms with Crippen molar-refractivity contribution in [1.82, 2.24) is 10.3 Å². The minimum absolute atomic E-state index is 0.263. The molecule has 1 heterocycles. The minimum Gasteiger partial charge on any atom is -0.491 e. The number of aromatic nitrogens is 1. The molecule has 0 radical (unpaired) electrons. The van der Waals surface area contributed by atoms with Crippen molar-refractivity contribution in [3.8, 4) is 5.75 Å². The molecule has 3 nitrogen and oxygen atoms in total. The zero-order valence-corrected chi connectivity index (χ0v) is 9.79. The number of nitrogens with zero attached hydrogens (tertiary/aromatic N) is 1. The van der Waals surface area contributed by atoms with Crippen LogP contribution in [0.5, 0.6) is 5.75 Å². The molecule has 0 saturated carbocycles. The zero-order chi connectivity index (χ0) is 11.1. The van der Waals surface area contributed by atoms with Gasteiger partial charge in [0.25, 0.3) is 0 Å². The summed E-state index contributed by atoms with van der Waals surface area (Å²) in [6.45, 7) is 8.03. The summed E-state index contributed by atoms with van der Waals surface area (Å²) in [4.78, 5) is 4.27. The zero-order valence-electron chi connectivity index (χ0n) is 9.79. The summed E-state index contributed by atoms with van der Waals surface area (Å²) in [5.74, 6) is 0.909. The van der Waals surface area contributed by atoms with Gasteiger partial charge >= 0.3 is 0 Å². The van der Waals surface area contributed by atoms with Gasteiger partial charge in [0, 0.05) is 18.8 Å². The lowest BCUT2D eigenvalue weighted by molar-refractivity contribution is 0.217. The third-order valence-electron chi connectivity index (χ3n) is 2.26. The van der Waals surface area contributed by atoms with Gasteiger partial charge in [-0.05, 0) is 26.0 Å². The standard InChI is InChI=1S/C12H20N2O/c1-4-10(3)15-12-6-7-14-11(8-12)9-13-5-2/h6-8,10,13H,4-5,9H2,1-3H3. The van der Waals surface area contributed by atoms with E-state index < -0.39 is 0 Å². The van der Waals surface area contributed by atoms with Crippen molar-refractivity contribution < 1.29 is 4.74 Å². The molecule has 0 fully saturated rings. The summed E-state index contributed by atoms with van der Waals surface area (Å²) in [7, 11) is 0. The molecular formula is C12H20N2O. The lowest BCUT2D eigenvalue weighted by Crippen LogP contribution is -2.14. The Bertz CT molecular complexity index is 289. The number of hydrogen-bond donors (Lipinski definition) is 1. The monoisotopic (exact) mass is 208 g/mol. The van der Waals surface area contributed by atoms with Gasteiger partial charge < -0.3 is 10.1 Å². The second-order valence-corrected chi connectivity index (χ2v) is 3.60. The van der Waals surface area contributed by atoms with Gasteiger partial charge in [-0.3, -0.25) is 4.98 Å². The lowest BCUT2D eigenvalue weighted by atomic mass is 10.3. The van der Waals surface area contributed by atoms with Crippen LogP contribution < -0.4 is 10.1 Å². The Hall–Kier alpha value is -1.09. The van der Waals surface area contributed by atoms with Crippen LogP contribution >= 0.6 is 0 Å². The summed E-state index contributed by atoms with van der Waals surface area (Å²) in [6.07, 6.45) is 3.08. The summed E-state index contributed by atoms with van der Waals surface area (Å²) < 4.78 is 5.72. The summed E-state index contributed by atoms with van der Waals surface area (Å²) in [5.41, 5.74) is 1.03. The fourth-order valence-electron chi connectivity index (χ4n) is 1.19. The normalized spacial score (nSPS) is 12.5. The van der Waals surface area contributed by atoms with Crippen LogP contribution in [-0.2, 0) is 6.54 Å². The lowest BCUT2D eigenvalue weighted by Gasteiger charge is -2.13. The Morgan fingerprint density at radius 2 is 2.27 bits per heavy atom. The van der Waals surface area contributed by atoms with Gasteiger partial charge in [0.1, 0.15) is 5.75 Å². The van der Waals surface area contributed by atoms with Gasteiger partial charge in [0.15, 0.2) is 0 Å². The third kappa shape index (κ3) is 4.30. The van der Waals surface area contributed by atoms with Crippen LogP contribution in [0.2, 0.25) is 0 Å². The molecule has 84 valence electrons. The molecule has 1 aromatic rings. The van der Waals surface area contributed by atoms with Crippen molar-refractivity contribution in [2.75, 3.05) is 6.54 Å². The van der Waals surface area contributed by atoms with E-state index in [2.05, 4.69) is 31.1 Å².